The number of primary amides is 1. The van der Waals surface area contributed by atoms with Crippen molar-refractivity contribution in [1.29, 1.82) is 0 Å². The lowest BCUT2D eigenvalue weighted by atomic mass is 9.98. The Labute approximate surface area is 142 Å². The van der Waals surface area contributed by atoms with E-state index in [1.54, 1.807) is 6.20 Å². The first-order chi connectivity index (χ1) is 11.6. The van der Waals surface area contributed by atoms with Crippen LogP contribution in [0, 0.1) is 11.8 Å². The number of pyridine rings is 1. The molecule has 1 aromatic heterocycles. The standard InChI is InChI=1S/C19H23N3O2/c1-14-10-22(12-18(14)19(20)23)11-16-7-17(9-21-8-16)24-13-15-5-3-2-4-6-15/h2-9,14,18H,10-13H2,1H3,(H2,20,23)/t14-,18-/m1/s1. The fourth-order valence-electron chi connectivity index (χ4n) is 3.19. The monoisotopic (exact) mass is 325 g/mol. The average molecular weight is 325 g/mol. The Balaban J connectivity index is 1.58. The molecule has 1 fully saturated rings. The van der Waals surface area contributed by atoms with Crippen molar-refractivity contribution >= 4 is 5.91 Å². The van der Waals surface area contributed by atoms with Crippen LogP contribution >= 0.6 is 0 Å². The molecule has 0 saturated carbocycles. The van der Waals surface area contributed by atoms with Crippen LogP contribution in [0.1, 0.15) is 18.1 Å². The summed E-state index contributed by atoms with van der Waals surface area (Å²) in [5.74, 6) is 0.793. The molecule has 126 valence electrons. The molecule has 1 aliphatic rings. The molecular formula is C19H23N3O2. The molecular weight excluding hydrogens is 302 g/mol. The van der Waals surface area contributed by atoms with E-state index < -0.39 is 0 Å². The Morgan fingerprint density at radius 3 is 2.75 bits per heavy atom. The number of carbonyl (C=O) groups is 1. The van der Waals surface area contributed by atoms with E-state index in [9.17, 15) is 4.79 Å². The second-order valence-corrected chi connectivity index (χ2v) is 6.48. The summed E-state index contributed by atoms with van der Waals surface area (Å²) < 4.78 is 5.82. The van der Waals surface area contributed by atoms with Gasteiger partial charge in [0.1, 0.15) is 12.4 Å². The molecule has 0 radical (unpaired) electrons. The maximum Gasteiger partial charge on any atom is 0.222 e. The third-order valence-corrected chi connectivity index (χ3v) is 4.48. The number of amides is 1. The highest BCUT2D eigenvalue weighted by atomic mass is 16.5. The molecule has 5 heteroatoms. The van der Waals surface area contributed by atoms with Crippen LogP contribution in [0.3, 0.4) is 0 Å². The molecule has 3 rings (SSSR count). The molecule has 2 N–H and O–H groups in total. The van der Waals surface area contributed by atoms with Crippen LogP contribution in [0.2, 0.25) is 0 Å². The maximum absolute atomic E-state index is 11.4. The molecule has 2 atom stereocenters. The van der Waals surface area contributed by atoms with Crippen LogP contribution in [0.5, 0.6) is 5.75 Å². The molecule has 0 bridgehead atoms. The first kappa shape index (κ1) is 16.5. The Bertz CT molecular complexity index is 690. The normalized spacial score (nSPS) is 20.9. The molecule has 5 nitrogen and oxygen atoms in total. The van der Waals surface area contributed by atoms with Gasteiger partial charge in [-0.2, -0.15) is 0 Å². The van der Waals surface area contributed by atoms with Gasteiger partial charge in [0.2, 0.25) is 5.91 Å². The zero-order valence-electron chi connectivity index (χ0n) is 13.9. The second-order valence-electron chi connectivity index (χ2n) is 6.48. The minimum atomic E-state index is -0.205. The quantitative estimate of drug-likeness (QED) is 0.884. The summed E-state index contributed by atoms with van der Waals surface area (Å²) in [5, 5.41) is 0. The summed E-state index contributed by atoms with van der Waals surface area (Å²) in [7, 11) is 0. The van der Waals surface area contributed by atoms with Crippen molar-refractivity contribution < 1.29 is 9.53 Å². The molecule has 2 aromatic rings. The molecule has 0 unspecified atom stereocenters. The van der Waals surface area contributed by atoms with E-state index in [2.05, 4.69) is 16.8 Å². The molecule has 2 heterocycles. The number of ether oxygens (including phenoxy) is 1. The van der Waals surface area contributed by atoms with Crippen LogP contribution in [-0.4, -0.2) is 28.9 Å². The van der Waals surface area contributed by atoms with Gasteiger partial charge in [-0.1, -0.05) is 37.3 Å². The van der Waals surface area contributed by atoms with E-state index in [1.807, 2.05) is 42.6 Å². The minimum Gasteiger partial charge on any atom is -0.487 e. The van der Waals surface area contributed by atoms with Crippen molar-refractivity contribution in [3.8, 4) is 5.75 Å². The Morgan fingerprint density at radius 2 is 2.04 bits per heavy atom. The SMILES string of the molecule is C[C@@H]1CN(Cc2cncc(OCc3ccccc3)c2)C[C@H]1C(N)=O. The lowest BCUT2D eigenvalue weighted by Gasteiger charge is -2.15. The molecule has 0 spiro atoms. The number of hydrogen-bond donors (Lipinski definition) is 1. The number of benzene rings is 1. The maximum atomic E-state index is 11.4. The third kappa shape index (κ3) is 4.11. The van der Waals surface area contributed by atoms with Crippen LogP contribution < -0.4 is 10.5 Å². The van der Waals surface area contributed by atoms with Crippen molar-refractivity contribution in [2.45, 2.75) is 20.1 Å². The number of nitrogens with two attached hydrogens (primary N) is 1. The number of rotatable bonds is 6. The largest absolute Gasteiger partial charge is 0.487 e. The van der Waals surface area contributed by atoms with Gasteiger partial charge in [-0.25, -0.2) is 0 Å². The van der Waals surface area contributed by atoms with Gasteiger partial charge < -0.3 is 10.5 Å². The van der Waals surface area contributed by atoms with Crippen molar-refractivity contribution in [3.63, 3.8) is 0 Å². The van der Waals surface area contributed by atoms with Crippen molar-refractivity contribution in [3.05, 3.63) is 59.9 Å². The number of nitrogens with zero attached hydrogens (tertiary/aromatic N) is 2. The number of hydrogen-bond acceptors (Lipinski definition) is 4. The van der Waals surface area contributed by atoms with Gasteiger partial charge in [-0.15, -0.1) is 0 Å². The summed E-state index contributed by atoms with van der Waals surface area (Å²) >= 11 is 0. The van der Waals surface area contributed by atoms with Crippen LogP contribution in [0.15, 0.2) is 48.8 Å². The van der Waals surface area contributed by atoms with Gasteiger partial charge in [0, 0.05) is 25.8 Å². The first-order valence-electron chi connectivity index (χ1n) is 8.24. The Kier molecular flexibility index (Phi) is 5.11. The molecule has 1 aliphatic heterocycles. The summed E-state index contributed by atoms with van der Waals surface area (Å²) in [6, 6.07) is 12.1. The van der Waals surface area contributed by atoms with Gasteiger partial charge in [-0.3, -0.25) is 14.7 Å². The highest BCUT2D eigenvalue weighted by Gasteiger charge is 2.33. The van der Waals surface area contributed by atoms with Gasteiger partial charge in [0.25, 0.3) is 0 Å². The van der Waals surface area contributed by atoms with Crippen molar-refractivity contribution in [1.82, 2.24) is 9.88 Å². The summed E-state index contributed by atoms with van der Waals surface area (Å²) in [6.07, 6.45) is 3.57. The summed E-state index contributed by atoms with van der Waals surface area (Å²) in [6.45, 7) is 4.95. The van der Waals surface area contributed by atoms with Gasteiger partial charge in [0.05, 0.1) is 12.1 Å². The fourth-order valence-corrected chi connectivity index (χ4v) is 3.19. The van der Waals surface area contributed by atoms with Crippen LogP contribution in [0.4, 0.5) is 0 Å². The number of carbonyl (C=O) groups excluding carboxylic acids is 1. The molecule has 1 saturated heterocycles. The zero-order valence-corrected chi connectivity index (χ0v) is 13.9. The number of likely N-dealkylation sites (tertiary alicyclic amines) is 1. The Hall–Kier alpha value is -2.40. The third-order valence-electron chi connectivity index (χ3n) is 4.48. The highest BCUT2D eigenvalue weighted by Crippen LogP contribution is 2.24. The van der Waals surface area contributed by atoms with E-state index >= 15 is 0 Å². The topological polar surface area (TPSA) is 68.5 Å². The van der Waals surface area contributed by atoms with E-state index in [-0.39, 0.29) is 11.8 Å². The smallest absolute Gasteiger partial charge is 0.222 e. The van der Waals surface area contributed by atoms with E-state index in [4.69, 9.17) is 10.5 Å². The van der Waals surface area contributed by atoms with E-state index in [1.165, 1.54) is 0 Å². The Morgan fingerprint density at radius 1 is 1.25 bits per heavy atom. The highest BCUT2D eigenvalue weighted by molar-refractivity contribution is 5.77. The van der Waals surface area contributed by atoms with Gasteiger partial charge in [0.15, 0.2) is 0 Å². The first-order valence-corrected chi connectivity index (χ1v) is 8.24. The molecule has 24 heavy (non-hydrogen) atoms. The lowest BCUT2D eigenvalue weighted by Crippen LogP contribution is -2.29. The van der Waals surface area contributed by atoms with Crippen molar-refractivity contribution in [2.75, 3.05) is 13.1 Å². The van der Waals surface area contributed by atoms with Crippen molar-refractivity contribution in [2.24, 2.45) is 17.6 Å². The fraction of sp³-hybridized carbons (Fsp3) is 0.368. The van der Waals surface area contributed by atoms with Gasteiger partial charge in [-0.05, 0) is 23.1 Å². The van der Waals surface area contributed by atoms with Crippen LogP contribution in [-0.2, 0) is 17.9 Å². The minimum absolute atomic E-state index is 0.0597. The number of aromatic nitrogens is 1. The van der Waals surface area contributed by atoms with E-state index in [0.29, 0.717) is 19.1 Å². The van der Waals surface area contributed by atoms with Gasteiger partial charge >= 0.3 is 0 Å². The second kappa shape index (κ2) is 7.45. The molecule has 1 amide bonds. The van der Waals surface area contributed by atoms with Crippen LogP contribution in [0.25, 0.3) is 0 Å². The predicted molar refractivity (Wildman–Crippen MR) is 92.1 cm³/mol. The average Bonchev–Trinajstić information content (AvgIpc) is 2.95. The summed E-state index contributed by atoms with van der Waals surface area (Å²) in [5.41, 5.74) is 7.67. The summed E-state index contributed by atoms with van der Waals surface area (Å²) in [4.78, 5) is 18.0. The zero-order chi connectivity index (χ0) is 16.9. The predicted octanol–water partition coefficient (Wildman–Crippen LogP) is 2.21. The molecule has 1 aromatic carbocycles. The van der Waals surface area contributed by atoms with E-state index in [0.717, 1.165) is 30.0 Å². The lowest BCUT2D eigenvalue weighted by molar-refractivity contribution is -0.122. The molecule has 0 aliphatic carbocycles.